The van der Waals surface area contributed by atoms with Gasteiger partial charge in [0.1, 0.15) is 0 Å². The Balaban J connectivity index is 1.40. The molecule has 0 bridgehead atoms. The topological polar surface area (TPSA) is 3.24 Å². The molecule has 0 fully saturated rings. The monoisotopic (exact) mass is 463 g/mol. The molecule has 5 aromatic rings. The lowest BCUT2D eigenvalue weighted by molar-refractivity contribution is 1.27. The van der Waals surface area contributed by atoms with Crippen molar-refractivity contribution in [2.45, 2.75) is 13.8 Å². The second-order valence-electron chi connectivity index (χ2n) is 8.11. The van der Waals surface area contributed by atoms with Gasteiger partial charge in [-0.1, -0.05) is 59.7 Å². The van der Waals surface area contributed by atoms with E-state index in [1.165, 1.54) is 31.3 Å². The number of thiophene rings is 2. The van der Waals surface area contributed by atoms with E-state index in [1.54, 1.807) is 11.3 Å². The van der Waals surface area contributed by atoms with Crippen molar-refractivity contribution in [2.24, 2.45) is 0 Å². The maximum absolute atomic E-state index is 2.30. The van der Waals surface area contributed by atoms with Crippen LogP contribution >= 0.6 is 22.7 Å². The molecule has 0 N–H and O–H groups in total. The lowest BCUT2D eigenvalue weighted by Gasteiger charge is -2.25. The minimum atomic E-state index is 1.15. The minimum Gasteiger partial charge on any atom is -0.311 e. The highest BCUT2D eigenvalue weighted by Crippen LogP contribution is 2.35. The van der Waals surface area contributed by atoms with Crippen LogP contribution < -0.4 is 4.90 Å². The van der Waals surface area contributed by atoms with Crippen LogP contribution in [0.1, 0.15) is 21.6 Å². The van der Waals surface area contributed by atoms with E-state index in [0.29, 0.717) is 0 Å². The number of nitrogens with zero attached hydrogens (tertiary/aromatic N) is 1. The molecule has 33 heavy (non-hydrogen) atoms. The van der Waals surface area contributed by atoms with Gasteiger partial charge in [0.25, 0.3) is 0 Å². The van der Waals surface area contributed by atoms with E-state index >= 15 is 0 Å². The smallest absolute Gasteiger partial charge is 0.0462 e. The predicted octanol–water partition coefficient (Wildman–Crippen LogP) is 9.73. The Morgan fingerprint density at radius 1 is 0.576 bits per heavy atom. The second-order valence-corrected chi connectivity index (χ2v) is 10.2. The van der Waals surface area contributed by atoms with Crippen LogP contribution in [0.5, 0.6) is 0 Å². The zero-order chi connectivity index (χ0) is 22.6. The number of benzene rings is 3. The summed E-state index contributed by atoms with van der Waals surface area (Å²) >= 11 is 3.62. The van der Waals surface area contributed by atoms with Crippen LogP contribution in [-0.2, 0) is 0 Å². The average Bonchev–Trinajstić information content (AvgIpc) is 3.53. The zero-order valence-electron chi connectivity index (χ0n) is 18.7. The van der Waals surface area contributed by atoms with E-state index in [2.05, 4.69) is 133 Å². The van der Waals surface area contributed by atoms with Crippen molar-refractivity contribution in [3.63, 3.8) is 0 Å². The van der Waals surface area contributed by atoms with Gasteiger partial charge < -0.3 is 4.90 Å². The van der Waals surface area contributed by atoms with Crippen LogP contribution in [0.4, 0.5) is 17.1 Å². The summed E-state index contributed by atoms with van der Waals surface area (Å²) in [6.07, 6.45) is 4.39. The van der Waals surface area contributed by atoms with Gasteiger partial charge in [0, 0.05) is 31.7 Å². The van der Waals surface area contributed by atoms with Crippen LogP contribution in [0.25, 0.3) is 21.9 Å². The SMILES string of the molecule is Cc1ccc(N(c2ccc(C)cc2)c2ccc(/C=C/c3ccc(-c4cccs4)s3)cc2)cc1. The Hall–Kier alpha value is -3.40. The molecular weight excluding hydrogens is 438 g/mol. The van der Waals surface area contributed by atoms with Crippen LogP contribution in [0.2, 0.25) is 0 Å². The van der Waals surface area contributed by atoms with E-state index in [9.17, 15) is 0 Å². The number of hydrogen-bond acceptors (Lipinski definition) is 3. The van der Waals surface area contributed by atoms with Crippen molar-refractivity contribution < 1.29 is 0 Å². The summed E-state index contributed by atoms with van der Waals surface area (Å²) in [7, 11) is 0. The van der Waals surface area contributed by atoms with Crippen LogP contribution in [0.15, 0.2) is 102 Å². The molecule has 2 aromatic heterocycles. The maximum atomic E-state index is 2.30. The van der Waals surface area contributed by atoms with Crippen molar-refractivity contribution in [1.29, 1.82) is 0 Å². The van der Waals surface area contributed by atoms with Crippen LogP contribution in [0.3, 0.4) is 0 Å². The largest absolute Gasteiger partial charge is 0.311 e. The van der Waals surface area contributed by atoms with Crippen molar-refractivity contribution in [2.75, 3.05) is 4.90 Å². The molecule has 0 spiro atoms. The van der Waals surface area contributed by atoms with E-state index in [-0.39, 0.29) is 0 Å². The first-order valence-corrected chi connectivity index (χ1v) is 12.7. The fourth-order valence-electron chi connectivity index (χ4n) is 3.74. The van der Waals surface area contributed by atoms with Gasteiger partial charge in [-0.15, -0.1) is 22.7 Å². The molecule has 0 saturated heterocycles. The lowest BCUT2D eigenvalue weighted by Crippen LogP contribution is -2.09. The molecule has 2 heterocycles. The summed E-state index contributed by atoms with van der Waals surface area (Å²) in [6, 6.07) is 34.9. The van der Waals surface area contributed by atoms with Gasteiger partial charge in [-0.05, 0) is 85.5 Å². The van der Waals surface area contributed by atoms with Gasteiger partial charge in [-0.2, -0.15) is 0 Å². The first-order valence-electron chi connectivity index (χ1n) is 11.0. The minimum absolute atomic E-state index is 1.15. The Kier molecular flexibility index (Phi) is 6.25. The van der Waals surface area contributed by atoms with E-state index in [0.717, 1.165) is 17.1 Å². The molecular formula is C30H25NS2. The Morgan fingerprint density at radius 2 is 1.15 bits per heavy atom. The first-order chi connectivity index (χ1) is 16.2. The third kappa shape index (κ3) is 5.00. The van der Waals surface area contributed by atoms with Gasteiger partial charge in [-0.25, -0.2) is 0 Å². The Bertz CT molecular complexity index is 1300. The van der Waals surface area contributed by atoms with Crippen molar-refractivity contribution >= 4 is 51.9 Å². The molecule has 0 aliphatic rings. The fourth-order valence-corrected chi connectivity index (χ4v) is 5.49. The molecule has 0 amide bonds. The highest BCUT2D eigenvalue weighted by molar-refractivity contribution is 7.21. The normalized spacial score (nSPS) is 11.2. The van der Waals surface area contributed by atoms with Crippen molar-refractivity contribution in [3.8, 4) is 9.75 Å². The molecule has 0 atom stereocenters. The van der Waals surface area contributed by atoms with E-state index < -0.39 is 0 Å². The quantitative estimate of drug-likeness (QED) is 0.242. The lowest BCUT2D eigenvalue weighted by atomic mass is 10.1. The maximum Gasteiger partial charge on any atom is 0.0462 e. The standard InChI is InChI=1S/C30H25NS2/c1-22-5-12-25(13-6-22)31(26-14-7-23(2)8-15-26)27-16-9-24(10-17-27)11-18-28-19-20-30(33-28)29-4-3-21-32-29/h3-21H,1-2H3/b18-11+. The van der Waals surface area contributed by atoms with Gasteiger partial charge in [0.15, 0.2) is 0 Å². The molecule has 0 saturated carbocycles. The molecule has 5 rings (SSSR count). The summed E-state index contributed by atoms with van der Waals surface area (Å²) < 4.78 is 0. The highest BCUT2D eigenvalue weighted by atomic mass is 32.1. The second kappa shape index (κ2) is 9.62. The Morgan fingerprint density at radius 3 is 1.70 bits per heavy atom. The number of hydrogen-bond donors (Lipinski definition) is 0. The van der Waals surface area contributed by atoms with Gasteiger partial charge in [0.2, 0.25) is 0 Å². The molecule has 3 aromatic carbocycles. The fraction of sp³-hybridized carbons (Fsp3) is 0.0667. The summed E-state index contributed by atoms with van der Waals surface area (Å²) in [6.45, 7) is 4.25. The third-order valence-electron chi connectivity index (χ3n) is 5.57. The average molecular weight is 464 g/mol. The molecule has 0 radical (unpaired) electrons. The van der Waals surface area contributed by atoms with Crippen molar-refractivity contribution in [3.05, 3.63) is 124 Å². The molecule has 1 nitrogen and oxygen atoms in total. The third-order valence-corrected chi connectivity index (χ3v) is 7.68. The van der Waals surface area contributed by atoms with Crippen LogP contribution in [0, 0.1) is 13.8 Å². The van der Waals surface area contributed by atoms with E-state index in [1.807, 2.05) is 11.3 Å². The molecule has 0 unspecified atom stereocenters. The summed E-state index contributed by atoms with van der Waals surface area (Å²) in [5, 5.41) is 2.13. The molecule has 0 aliphatic heterocycles. The number of aryl methyl sites for hydroxylation is 2. The summed E-state index contributed by atoms with van der Waals surface area (Å²) in [5.41, 5.74) is 7.19. The Labute approximate surface area is 203 Å². The van der Waals surface area contributed by atoms with Crippen LogP contribution in [-0.4, -0.2) is 0 Å². The predicted molar refractivity (Wildman–Crippen MR) is 147 cm³/mol. The first kappa shape index (κ1) is 21.4. The highest BCUT2D eigenvalue weighted by Gasteiger charge is 2.12. The van der Waals surface area contributed by atoms with Crippen molar-refractivity contribution in [1.82, 2.24) is 0 Å². The van der Waals surface area contributed by atoms with Gasteiger partial charge >= 0.3 is 0 Å². The molecule has 0 aliphatic carbocycles. The zero-order valence-corrected chi connectivity index (χ0v) is 20.4. The molecule has 3 heteroatoms. The number of anilines is 3. The van der Waals surface area contributed by atoms with E-state index in [4.69, 9.17) is 0 Å². The van der Waals surface area contributed by atoms with Gasteiger partial charge in [-0.3, -0.25) is 0 Å². The molecule has 162 valence electrons. The van der Waals surface area contributed by atoms with Gasteiger partial charge in [0.05, 0.1) is 0 Å². The summed E-state index contributed by atoms with van der Waals surface area (Å²) in [5.74, 6) is 0. The summed E-state index contributed by atoms with van der Waals surface area (Å²) in [4.78, 5) is 6.23. The number of rotatable bonds is 6.